The van der Waals surface area contributed by atoms with Gasteiger partial charge in [0.15, 0.2) is 17.1 Å². The molecule has 5 nitrogen and oxygen atoms in total. The average Bonchev–Trinajstić information content (AvgIpc) is 3.14. The molecule has 0 unspecified atom stereocenters. The lowest BCUT2D eigenvalue weighted by atomic mass is 9.44. The highest BCUT2D eigenvalue weighted by Crippen LogP contribution is 2.73. The van der Waals surface area contributed by atoms with E-state index in [2.05, 4.69) is 0 Å². The number of hydrogen-bond acceptors (Lipinski definition) is 6. The summed E-state index contributed by atoms with van der Waals surface area (Å²) in [5, 5.41) is 10.9. The van der Waals surface area contributed by atoms with E-state index in [4.69, 9.17) is 4.74 Å². The van der Waals surface area contributed by atoms with E-state index in [9.17, 15) is 23.9 Å². The molecule has 0 spiro atoms. The number of carbonyl (C=O) groups excluding carboxylic acids is 3. The number of hydrogen-bond donors (Lipinski definition) is 1. The largest absolute Gasteiger partial charge is 0.449 e. The van der Waals surface area contributed by atoms with E-state index < -0.39 is 80.9 Å². The van der Waals surface area contributed by atoms with Gasteiger partial charge in [-0.15, -0.1) is 0 Å². The van der Waals surface area contributed by atoms with E-state index in [1.807, 2.05) is 27.7 Å². The second-order valence-electron chi connectivity index (χ2n) is 14.1. The van der Waals surface area contributed by atoms with E-state index in [0.717, 1.165) is 6.08 Å². The van der Waals surface area contributed by atoms with Gasteiger partial charge in [0.05, 0.1) is 12.0 Å². The second kappa shape index (κ2) is 8.46. The van der Waals surface area contributed by atoms with Gasteiger partial charge in [-0.05, 0) is 72.4 Å². The van der Waals surface area contributed by atoms with Crippen LogP contribution in [0.15, 0.2) is 23.8 Å². The van der Waals surface area contributed by atoms with Crippen LogP contribution >= 0.6 is 11.8 Å². The molecule has 5 rings (SSSR count). The molecule has 216 valence electrons. The minimum atomic E-state index is -2.32. The summed E-state index contributed by atoms with van der Waals surface area (Å²) in [6.45, 7) is 12.8. The fourth-order valence-corrected chi connectivity index (χ4v) is 10.2. The summed E-state index contributed by atoms with van der Waals surface area (Å²) in [5.74, 6) is -3.76. The number of allylic oxidation sites excluding steroid dienone is 4. The molecule has 0 aliphatic heterocycles. The molecule has 0 aromatic carbocycles. The molecule has 1 N–H and O–H groups in total. The normalized spacial score (nSPS) is 47.5. The Morgan fingerprint density at radius 1 is 1.10 bits per heavy atom. The molecule has 0 saturated heterocycles. The average molecular weight is 569 g/mol. The van der Waals surface area contributed by atoms with Crippen molar-refractivity contribution in [3.8, 4) is 0 Å². The minimum absolute atomic E-state index is 0.0161. The molecular formula is C30H39F3O5S. The maximum atomic E-state index is 17.5. The lowest BCUT2D eigenvalue weighted by Gasteiger charge is -2.63. The highest BCUT2D eigenvalue weighted by atomic mass is 32.2. The van der Waals surface area contributed by atoms with E-state index in [1.165, 1.54) is 19.1 Å². The van der Waals surface area contributed by atoms with Crippen molar-refractivity contribution in [2.75, 3.05) is 6.01 Å². The molecule has 4 fully saturated rings. The number of fused-ring (bicyclic) bond motifs is 5. The second-order valence-corrected chi connectivity index (χ2v) is 14.9. The number of rotatable bonds is 4. The van der Waals surface area contributed by atoms with Crippen LogP contribution in [0.4, 0.5) is 13.2 Å². The predicted octanol–water partition coefficient (Wildman–Crippen LogP) is 5.70. The van der Waals surface area contributed by atoms with Gasteiger partial charge >= 0.3 is 5.97 Å². The predicted molar refractivity (Wildman–Crippen MR) is 142 cm³/mol. The van der Waals surface area contributed by atoms with Crippen LogP contribution in [0.25, 0.3) is 0 Å². The first-order valence-electron chi connectivity index (χ1n) is 13.8. The quantitative estimate of drug-likeness (QED) is 0.438. The molecule has 39 heavy (non-hydrogen) atoms. The Hall–Kier alpha value is -1.61. The van der Waals surface area contributed by atoms with Crippen LogP contribution in [0.1, 0.15) is 67.7 Å². The lowest BCUT2D eigenvalue weighted by Crippen LogP contribution is -2.70. The number of carbonyl (C=O) groups is 3. The van der Waals surface area contributed by atoms with Crippen LogP contribution in [0.2, 0.25) is 0 Å². The molecular weight excluding hydrogens is 529 g/mol. The number of halogens is 3. The van der Waals surface area contributed by atoms with Crippen LogP contribution in [0, 0.1) is 45.3 Å². The van der Waals surface area contributed by atoms with Gasteiger partial charge in [-0.25, -0.2) is 13.2 Å². The number of alkyl halides is 3. The van der Waals surface area contributed by atoms with Gasteiger partial charge in [-0.3, -0.25) is 14.4 Å². The highest BCUT2D eigenvalue weighted by molar-refractivity contribution is 8.13. The Balaban J connectivity index is 1.61. The van der Waals surface area contributed by atoms with Gasteiger partial charge in [0.25, 0.3) is 0 Å². The number of esters is 1. The summed E-state index contributed by atoms with van der Waals surface area (Å²) in [5.41, 5.74) is -7.70. The first kappa shape index (κ1) is 28.9. The summed E-state index contributed by atoms with van der Waals surface area (Å²) >= 11 is 0.417. The Morgan fingerprint density at radius 2 is 1.72 bits per heavy atom. The first-order chi connectivity index (χ1) is 17.9. The number of aliphatic hydroxyl groups is 1. The Labute approximate surface area is 232 Å². The SMILES string of the molecule is C[C@@H]1C[C@H]2[C@@H]3C[C@H](F)C4=CC(=O)C=C[C@]4(C)[C@@]3(F)[C@@H](O)C[C@]2(C)[C@@]1(OC(=O)C1C(C)(C)C1(C)C)C(=O)SCF. The van der Waals surface area contributed by atoms with Crippen molar-refractivity contribution in [1.29, 1.82) is 0 Å². The maximum Gasteiger partial charge on any atom is 0.311 e. The van der Waals surface area contributed by atoms with Crippen molar-refractivity contribution in [2.45, 2.75) is 91.3 Å². The van der Waals surface area contributed by atoms with Crippen LogP contribution in [0.5, 0.6) is 0 Å². The van der Waals surface area contributed by atoms with E-state index in [-0.39, 0.29) is 35.7 Å². The maximum absolute atomic E-state index is 17.5. The van der Waals surface area contributed by atoms with Gasteiger partial charge in [-0.2, -0.15) is 0 Å². The number of thioether (sulfide) groups is 1. The Kier molecular flexibility index (Phi) is 6.27. The van der Waals surface area contributed by atoms with Gasteiger partial charge < -0.3 is 9.84 Å². The zero-order valence-corrected chi connectivity index (χ0v) is 24.5. The van der Waals surface area contributed by atoms with Crippen molar-refractivity contribution in [2.24, 2.45) is 45.3 Å². The van der Waals surface area contributed by atoms with Gasteiger partial charge in [0, 0.05) is 22.7 Å². The van der Waals surface area contributed by atoms with Gasteiger partial charge in [-0.1, -0.05) is 47.6 Å². The van der Waals surface area contributed by atoms with Crippen molar-refractivity contribution in [3.63, 3.8) is 0 Å². The van der Waals surface area contributed by atoms with E-state index >= 15 is 8.78 Å². The third-order valence-electron chi connectivity index (χ3n) is 12.2. The fraction of sp³-hybridized carbons (Fsp3) is 0.767. The van der Waals surface area contributed by atoms with E-state index in [0.29, 0.717) is 11.8 Å². The third kappa shape index (κ3) is 3.29. The van der Waals surface area contributed by atoms with Crippen molar-refractivity contribution >= 4 is 28.6 Å². The molecule has 0 radical (unpaired) electrons. The topological polar surface area (TPSA) is 80.7 Å². The summed E-state index contributed by atoms with van der Waals surface area (Å²) in [4.78, 5) is 39.6. The monoisotopic (exact) mass is 568 g/mol. The standard InChI is InChI=1S/C30H39F3O5S/c1-15-10-17-18-12-20(32)19-11-16(34)8-9-27(19,6)29(18,33)21(35)13-28(17,7)30(15,24(37)39-14-31)38-23(36)22-25(2,3)26(22,4)5/h8-9,11,15,17-18,20-22,35H,10,12-14H2,1-7H3/t15-,17+,18+,20+,21+,27+,28+,29+,30+/m1/s1. The smallest absolute Gasteiger partial charge is 0.311 e. The molecule has 5 aliphatic carbocycles. The number of aliphatic hydroxyl groups excluding tert-OH is 1. The van der Waals surface area contributed by atoms with Crippen LogP contribution in [-0.2, 0) is 19.1 Å². The molecule has 0 bridgehead atoms. The van der Waals surface area contributed by atoms with Crippen molar-refractivity contribution in [1.82, 2.24) is 0 Å². The minimum Gasteiger partial charge on any atom is -0.449 e. The van der Waals surface area contributed by atoms with Crippen molar-refractivity contribution < 1.29 is 37.4 Å². The van der Waals surface area contributed by atoms with Crippen LogP contribution < -0.4 is 0 Å². The van der Waals surface area contributed by atoms with Gasteiger partial charge in [0.1, 0.15) is 12.2 Å². The first-order valence-corrected chi connectivity index (χ1v) is 14.8. The number of ketones is 1. The summed E-state index contributed by atoms with van der Waals surface area (Å²) < 4.78 is 53.1. The fourth-order valence-electron chi connectivity index (χ4n) is 9.38. The zero-order chi connectivity index (χ0) is 29.1. The van der Waals surface area contributed by atoms with Crippen molar-refractivity contribution in [3.05, 3.63) is 23.8 Å². The summed E-state index contributed by atoms with van der Waals surface area (Å²) in [6.07, 6.45) is 0.166. The molecule has 0 aromatic rings. The summed E-state index contributed by atoms with van der Waals surface area (Å²) in [6, 6.07) is -1.03. The molecule has 0 aromatic heterocycles. The van der Waals surface area contributed by atoms with Crippen LogP contribution in [0.3, 0.4) is 0 Å². The Bertz CT molecular complexity index is 1180. The third-order valence-corrected chi connectivity index (χ3v) is 12.9. The summed E-state index contributed by atoms with van der Waals surface area (Å²) in [7, 11) is 0. The zero-order valence-electron chi connectivity index (χ0n) is 23.6. The van der Waals surface area contributed by atoms with Crippen LogP contribution in [-0.4, -0.2) is 51.5 Å². The number of ether oxygens (including phenoxy) is 1. The molecule has 0 heterocycles. The molecule has 5 aliphatic rings. The molecule has 9 heteroatoms. The molecule has 4 saturated carbocycles. The lowest BCUT2D eigenvalue weighted by molar-refractivity contribution is -0.229. The Morgan fingerprint density at radius 3 is 2.28 bits per heavy atom. The molecule has 9 atom stereocenters. The van der Waals surface area contributed by atoms with Gasteiger partial charge in [0.2, 0.25) is 5.12 Å². The van der Waals surface area contributed by atoms with E-state index in [1.54, 1.807) is 13.8 Å². The molecule has 0 amide bonds. The highest BCUT2D eigenvalue weighted by Gasteiger charge is 2.79.